The molecule has 0 aromatic heterocycles. The van der Waals surface area contributed by atoms with E-state index in [0.717, 1.165) is 42.5 Å². The van der Waals surface area contributed by atoms with E-state index in [0.29, 0.717) is 30.2 Å². The summed E-state index contributed by atoms with van der Waals surface area (Å²) in [4.78, 5) is 27.7. The van der Waals surface area contributed by atoms with Crippen LogP contribution in [0.1, 0.15) is 80.3 Å². The maximum Gasteiger partial charge on any atom is 0.326 e. The summed E-state index contributed by atoms with van der Waals surface area (Å²) in [6, 6.07) is 12.3. The van der Waals surface area contributed by atoms with Crippen molar-refractivity contribution in [3.8, 4) is 11.1 Å². The van der Waals surface area contributed by atoms with E-state index in [4.69, 9.17) is 9.47 Å². The fourth-order valence-electron chi connectivity index (χ4n) is 6.25. The molecule has 3 atom stereocenters. The first-order chi connectivity index (χ1) is 22.9. The summed E-state index contributed by atoms with van der Waals surface area (Å²) in [6.45, 7) is 8.89. The Balaban J connectivity index is 0.00000151. The lowest BCUT2D eigenvalue weighted by molar-refractivity contribution is -0.139. The second-order valence-corrected chi connectivity index (χ2v) is 14.9. The fraction of sp³-hybridized carbons (Fsp3) is 0.622. The van der Waals surface area contributed by atoms with Crippen LogP contribution in [-0.4, -0.2) is 102 Å². The molecule has 3 unspecified atom stereocenters. The van der Waals surface area contributed by atoms with Crippen LogP contribution in [0.25, 0.3) is 11.1 Å². The third kappa shape index (κ3) is 13.6. The Morgan fingerprint density at radius 2 is 1.67 bits per heavy atom. The Morgan fingerprint density at radius 3 is 2.27 bits per heavy atom. The maximum absolute atomic E-state index is 13.5. The van der Waals surface area contributed by atoms with Gasteiger partial charge < -0.3 is 24.6 Å². The Kier molecular flexibility index (Phi) is 18.3. The number of hydrogen-bond acceptors (Lipinski definition) is 8. The molecule has 10 nitrogen and oxygen atoms in total. The number of aliphatic carboxylic acids is 1. The topological polar surface area (TPSA) is 131 Å². The Bertz CT molecular complexity index is 1380. The summed E-state index contributed by atoms with van der Waals surface area (Å²) in [7, 11) is 1.61. The average molecular weight is 691 g/mol. The summed E-state index contributed by atoms with van der Waals surface area (Å²) >= 11 is 0. The smallest absolute Gasteiger partial charge is 0.326 e. The molecule has 1 amide bonds. The van der Waals surface area contributed by atoms with Gasteiger partial charge in [0, 0.05) is 58.9 Å². The van der Waals surface area contributed by atoms with Gasteiger partial charge in [-0.05, 0) is 72.9 Å². The zero-order chi connectivity index (χ0) is 35.7. The van der Waals surface area contributed by atoms with E-state index in [-0.39, 0.29) is 24.3 Å². The number of rotatable bonds is 14. The highest BCUT2D eigenvalue weighted by Gasteiger charge is 2.33. The first kappa shape index (κ1) is 41.3. The Morgan fingerprint density at radius 1 is 1.00 bits per heavy atom. The van der Waals surface area contributed by atoms with Gasteiger partial charge in [0.05, 0.1) is 18.5 Å². The van der Waals surface area contributed by atoms with Gasteiger partial charge in [-0.2, -0.15) is 0 Å². The van der Waals surface area contributed by atoms with Crippen molar-refractivity contribution in [2.24, 2.45) is 5.92 Å². The van der Waals surface area contributed by atoms with Gasteiger partial charge in [0.15, 0.2) is 0 Å². The number of nitrogens with zero attached hydrogens (tertiary/aromatic N) is 1. The number of carbonyl (C=O) groups excluding carboxylic acids is 1. The second-order valence-electron chi connectivity index (χ2n) is 12.6. The fourth-order valence-corrected chi connectivity index (χ4v) is 6.91. The molecule has 4 rings (SSSR count). The lowest BCUT2D eigenvalue weighted by Crippen LogP contribution is -2.42. The molecule has 1 aliphatic heterocycles. The number of amides is 1. The van der Waals surface area contributed by atoms with Crippen LogP contribution in [0.2, 0.25) is 0 Å². The number of carboxylic acids is 1. The number of methoxy groups -OCH3 is 2. The largest absolute Gasteiger partial charge is 0.480 e. The summed E-state index contributed by atoms with van der Waals surface area (Å²) in [5, 5.41) is 12.2. The minimum absolute atomic E-state index is 0.129. The third-order valence-electron chi connectivity index (χ3n) is 8.74. The van der Waals surface area contributed by atoms with Crippen molar-refractivity contribution in [1.82, 2.24) is 10.2 Å². The normalized spacial score (nSPS) is 19.0. The quantitative estimate of drug-likeness (QED) is 0.254. The number of hydrogen-bond donors (Lipinski definition) is 2. The highest BCUT2D eigenvalue weighted by molar-refractivity contribution is 7.90. The van der Waals surface area contributed by atoms with Crippen LogP contribution in [0.3, 0.4) is 0 Å². The molecule has 2 aromatic rings. The number of aryl methyl sites for hydroxylation is 1. The summed E-state index contributed by atoms with van der Waals surface area (Å²) in [6.07, 6.45) is 8.29. The molecule has 1 saturated heterocycles. The molecule has 2 aliphatic rings. The monoisotopic (exact) mass is 690 g/mol. The van der Waals surface area contributed by atoms with Crippen molar-refractivity contribution in [2.75, 3.05) is 53.1 Å². The molecule has 270 valence electrons. The number of ether oxygens (including phenoxy) is 3. The molecule has 2 N–H and O–H groups in total. The molecule has 11 heteroatoms. The SMILES string of the molecule is CC.COC.COC1CC(COCC2CCCCC2)N(Cc2ccc(C(=O)NC(CCS(C)(=O)=O)C(=O)O)c(-c3ccccc3C)c2)C1. The first-order valence-electron chi connectivity index (χ1n) is 17.1. The van der Waals surface area contributed by atoms with Crippen LogP contribution < -0.4 is 5.32 Å². The minimum Gasteiger partial charge on any atom is -0.480 e. The van der Waals surface area contributed by atoms with Crippen LogP contribution in [0.5, 0.6) is 0 Å². The molecule has 0 bridgehead atoms. The van der Waals surface area contributed by atoms with Crippen molar-refractivity contribution in [1.29, 1.82) is 0 Å². The second kappa shape index (κ2) is 21.3. The molecule has 0 spiro atoms. The van der Waals surface area contributed by atoms with E-state index < -0.39 is 27.8 Å². The van der Waals surface area contributed by atoms with E-state index in [1.54, 1.807) is 27.4 Å². The van der Waals surface area contributed by atoms with E-state index >= 15 is 0 Å². The molecule has 0 radical (unpaired) electrons. The van der Waals surface area contributed by atoms with E-state index in [9.17, 15) is 23.1 Å². The Labute approximate surface area is 288 Å². The molecule has 1 heterocycles. The van der Waals surface area contributed by atoms with Gasteiger partial charge in [0.2, 0.25) is 0 Å². The number of carboxylic acid groups (broad SMARTS) is 1. The zero-order valence-corrected chi connectivity index (χ0v) is 30.8. The number of likely N-dealkylation sites (tertiary alicyclic amines) is 1. The number of nitrogens with one attached hydrogen (secondary N) is 1. The average Bonchev–Trinajstić information content (AvgIpc) is 3.45. The molecule has 2 fully saturated rings. The van der Waals surface area contributed by atoms with Crippen LogP contribution in [0.4, 0.5) is 0 Å². The van der Waals surface area contributed by atoms with Crippen molar-refractivity contribution in [3.05, 3.63) is 59.2 Å². The molecule has 48 heavy (non-hydrogen) atoms. The van der Waals surface area contributed by atoms with Gasteiger partial charge in [-0.3, -0.25) is 9.69 Å². The highest BCUT2D eigenvalue weighted by Crippen LogP contribution is 2.31. The van der Waals surface area contributed by atoms with Crippen molar-refractivity contribution in [2.45, 2.75) is 90.4 Å². The highest BCUT2D eigenvalue weighted by atomic mass is 32.2. The van der Waals surface area contributed by atoms with E-state index in [2.05, 4.69) is 15.0 Å². The van der Waals surface area contributed by atoms with Gasteiger partial charge in [0.1, 0.15) is 15.9 Å². The summed E-state index contributed by atoms with van der Waals surface area (Å²) < 4.78 is 39.5. The van der Waals surface area contributed by atoms with Gasteiger partial charge in [0.25, 0.3) is 5.91 Å². The van der Waals surface area contributed by atoms with Gasteiger partial charge in [-0.1, -0.05) is 63.4 Å². The predicted octanol–water partition coefficient (Wildman–Crippen LogP) is 5.75. The lowest BCUT2D eigenvalue weighted by Gasteiger charge is -2.26. The van der Waals surface area contributed by atoms with Crippen LogP contribution in [0.15, 0.2) is 42.5 Å². The van der Waals surface area contributed by atoms with Crippen molar-refractivity contribution < 1.29 is 37.3 Å². The molecule has 2 aromatic carbocycles. The number of sulfone groups is 1. The van der Waals surface area contributed by atoms with Crippen LogP contribution >= 0.6 is 0 Å². The molecule has 1 saturated carbocycles. The van der Waals surface area contributed by atoms with Crippen molar-refractivity contribution in [3.63, 3.8) is 0 Å². The molecular weight excluding hydrogens is 632 g/mol. The zero-order valence-electron chi connectivity index (χ0n) is 30.0. The third-order valence-corrected chi connectivity index (χ3v) is 9.72. The minimum atomic E-state index is -3.39. The summed E-state index contributed by atoms with van der Waals surface area (Å²) in [5.74, 6) is -1.51. The Hall–Kier alpha value is -2.83. The van der Waals surface area contributed by atoms with E-state index in [1.807, 2.05) is 57.2 Å². The van der Waals surface area contributed by atoms with E-state index in [1.165, 1.54) is 32.1 Å². The van der Waals surface area contributed by atoms with Crippen LogP contribution in [-0.2, 0) is 35.4 Å². The van der Waals surface area contributed by atoms with Gasteiger partial charge >= 0.3 is 5.97 Å². The van der Waals surface area contributed by atoms with Gasteiger partial charge in [-0.25, -0.2) is 13.2 Å². The van der Waals surface area contributed by atoms with Gasteiger partial charge in [-0.15, -0.1) is 0 Å². The molecule has 1 aliphatic carbocycles. The molecular formula is C37H58N2O8S. The summed E-state index contributed by atoms with van der Waals surface area (Å²) in [5.41, 5.74) is 3.92. The number of benzene rings is 2. The number of carbonyl (C=O) groups is 2. The van der Waals surface area contributed by atoms with Crippen molar-refractivity contribution >= 4 is 21.7 Å². The first-order valence-corrected chi connectivity index (χ1v) is 19.2. The standard InChI is InChI=1S/C33H46N2O7S.C2H6O.C2H6/c1-23-9-7-8-12-28(23)30-17-25(13-14-29(30)32(36)34-31(33(37)38)15-16-43(3,39)40)19-35-20-27(41-2)18-26(35)22-42-21-24-10-5-4-6-11-24;1-3-2;1-2/h7-9,12-14,17,24,26-27,31H,4-6,10-11,15-16,18-22H2,1-3H3,(H,34,36)(H,37,38);1-2H3;1-2H3. The predicted molar refractivity (Wildman–Crippen MR) is 191 cm³/mol. The lowest BCUT2D eigenvalue weighted by atomic mass is 9.90. The maximum atomic E-state index is 13.5. The van der Waals surface area contributed by atoms with Crippen LogP contribution in [0, 0.1) is 12.8 Å².